The molecule has 0 saturated heterocycles. The average molecular weight is 360 g/mol. The Bertz CT molecular complexity index is 581. The first-order valence-corrected chi connectivity index (χ1v) is 10.1. The minimum Gasteiger partial charge on any atom is -0.335 e. The second-order valence-electron chi connectivity index (χ2n) is 5.77. The van der Waals surface area contributed by atoms with Crippen molar-refractivity contribution in [3.8, 4) is 0 Å². The molecule has 0 fully saturated rings. The predicted molar refractivity (Wildman–Crippen MR) is 98.1 cm³/mol. The van der Waals surface area contributed by atoms with E-state index in [1.165, 1.54) is 5.41 Å². The third-order valence-electron chi connectivity index (χ3n) is 3.84. The second-order valence-corrected chi connectivity index (χ2v) is 7.80. The Kier molecular flexibility index (Phi) is 8.84. The van der Waals surface area contributed by atoms with E-state index in [4.69, 9.17) is 11.6 Å². The number of sulfonamides is 1. The molecule has 1 rings (SSSR count). The molecule has 0 spiro atoms. The summed E-state index contributed by atoms with van der Waals surface area (Å²) in [6, 6.07) is 6.97. The highest BCUT2D eigenvalue weighted by Gasteiger charge is 2.12. The lowest BCUT2D eigenvalue weighted by atomic mass is 10.2. The molecule has 0 bridgehead atoms. The van der Waals surface area contributed by atoms with Gasteiger partial charge in [0, 0.05) is 16.5 Å². The van der Waals surface area contributed by atoms with Crippen LogP contribution < -0.4 is 9.62 Å². The van der Waals surface area contributed by atoms with Gasteiger partial charge in [0.1, 0.15) is 0 Å². The largest absolute Gasteiger partial charge is 0.335 e. The zero-order chi connectivity index (χ0) is 17.3. The Morgan fingerprint density at radius 2 is 1.83 bits per heavy atom. The van der Waals surface area contributed by atoms with Crippen molar-refractivity contribution in [3.05, 3.63) is 40.3 Å². The van der Waals surface area contributed by atoms with Crippen LogP contribution in [0.3, 0.4) is 0 Å². The van der Waals surface area contributed by atoms with Crippen molar-refractivity contribution < 1.29 is 13.3 Å². The summed E-state index contributed by atoms with van der Waals surface area (Å²) in [6.07, 6.45) is 3.44. The number of nitrogens with one attached hydrogen (secondary N) is 2. The van der Waals surface area contributed by atoms with E-state index in [1.54, 1.807) is 35.2 Å². The van der Waals surface area contributed by atoms with Crippen LogP contribution in [0.25, 0.3) is 6.08 Å². The van der Waals surface area contributed by atoms with E-state index >= 15 is 0 Å². The third-order valence-corrected chi connectivity index (χ3v) is 5.32. The SMILES string of the molecule is CC[NH+](CC)CCC[C@@H](C)NS(=O)(=O)/C=C/c1ccc(Cl)cc1. The number of hydrogen-bond acceptors (Lipinski definition) is 2. The van der Waals surface area contributed by atoms with Crippen molar-refractivity contribution in [2.24, 2.45) is 0 Å². The predicted octanol–water partition coefficient (Wildman–Crippen LogP) is 2.32. The Morgan fingerprint density at radius 1 is 1.22 bits per heavy atom. The van der Waals surface area contributed by atoms with Gasteiger partial charge in [-0.2, -0.15) is 0 Å². The van der Waals surface area contributed by atoms with Gasteiger partial charge in [0.2, 0.25) is 10.0 Å². The zero-order valence-corrected chi connectivity index (χ0v) is 15.8. The molecule has 6 heteroatoms. The van der Waals surface area contributed by atoms with Gasteiger partial charge >= 0.3 is 0 Å². The molecule has 4 nitrogen and oxygen atoms in total. The highest BCUT2D eigenvalue weighted by molar-refractivity contribution is 7.92. The molecule has 23 heavy (non-hydrogen) atoms. The molecular weight excluding hydrogens is 332 g/mol. The fourth-order valence-corrected chi connectivity index (χ4v) is 3.60. The van der Waals surface area contributed by atoms with Crippen LogP contribution in [0.5, 0.6) is 0 Å². The van der Waals surface area contributed by atoms with E-state index in [1.807, 2.05) is 6.92 Å². The van der Waals surface area contributed by atoms with Gasteiger partial charge in [0.15, 0.2) is 0 Å². The molecule has 1 aromatic rings. The molecule has 1 atom stereocenters. The fraction of sp³-hybridized carbons (Fsp3) is 0.529. The topological polar surface area (TPSA) is 50.6 Å². The molecule has 130 valence electrons. The number of rotatable bonds is 10. The lowest BCUT2D eigenvalue weighted by molar-refractivity contribution is -0.896. The van der Waals surface area contributed by atoms with Crippen molar-refractivity contribution in [3.63, 3.8) is 0 Å². The van der Waals surface area contributed by atoms with E-state index in [0.29, 0.717) is 5.02 Å². The smallest absolute Gasteiger partial charge is 0.233 e. The summed E-state index contributed by atoms with van der Waals surface area (Å²) in [5, 5.41) is 1.84. The second kappa shape index (κ2) is 10.1. The van der Waals surface area contributed by atoms with Gasteiger partial charge in [-0.25, -0.2) is 13.1 Å². The van der Waals surface area contributed by atoms with Crippen LogP contribution in [0.15, 0.2) is 29.7 Å². The van der Waals surface area contributed by atoms with E-state index in [-0.39, 0.29) is 6.04 Å². The van der Waals surface area contributed by atoms with Crippen LogP contribution in [0.2, 0.25) is 5.02 Å². The molecule has 0 unspecified atom stereocenters. The standard InChI is InChI=1S/C17H27ClN2O2S/c1-4-20(5-2)13-6-7-15(3)19-23(21,22)14-12-16-8-10-17(18)11-9-16/h8-12,14-15,19H,4-7,13H2,1-3H3/p+1/b14-12+/t15-/m1/s1. The molecular formula is C17H28ClN2O2S+. The zero-order valence-electron chi connectivity index (χ0n) is 14.2. The van der Waals surface area contributed by atoms with Gasteiger partial charge < -0.3 is 4.90 Å². The van der Waals surface area contributed by atoms with Gasteiger partial charge in [0.05, 0.1) is 19.6 Å². The van der Waals surface area contributed by atoms with Crippen LogP contribution >= 0.6 is 11.6 Å². The van der Waals surface area contributed by atoms with Crippen molar-refractivity contribution in [1.29, 1.82) is 0 Å². The normalized spacial score (nSPS) is 13.8. The van der Waals surface area contributed by atoms with Gasteiger partial charge in [0.25, 0.3) is 0 Å². The highest BCUT2D eigenvalue weighted by atomic mass is 35.5. The van der Waals surface area contributed by atoms with Crippen molar-refractivity contribution >= 4 is 27.7 Å². The number of hydrogen-bond donors (Lipinski definition) is 2. The first kappa shape index (κ1) is 20.2. The summed E-state index contributed by atoms with van der Waals surface area (Å²) >= 11 is 5.81. The first-order chi connectivity index (χ1) is 10.9. The van der Waals surface area contributed by atoms with Crippen molar-refractivity contribution in [1.82, 2.24) is 4.72 Å². The van der Waals surface area contributed by atoms with E-state index in [0.717, 1.165) is 38.0 Å². The maximum Gasteiger partial charge on any atom is 0.233 e. The summed E-state index contributed by atoms with van der Waals surface area (Å²) in [6.45, 7) is 9.56. The fourth-order valence-electron chi connectivity index (χ4n) is 2.38. The average Bonchev–Trinajstić information content (AvgIpc) is 2.50. The van der Waals surface area contributed by atoms with Crippen LogP contribution in [-0.4, -0.2) is 34.1 Å². The first-order valence-electron chi connectivity index (χ1n) is 8.15. The Labute approximate surface area is 145 Å². The number of quaternary nitrogens is 1. The van der Waals surface area contributed by atoms with Crippen LogP contribution in [0.1, 0.15) is 39.2 Å². The lowest BCUT2D eigenvalue weighted by Crippen LogP contribution is -3.11. The maximum absolute atomic E-state index is 12.1. The van der Waals surface area contributed by atoms with Crippen molar-refractivity contribution in [2.75, 3.05) is 19.6 Å². The Hall–Kier alpha value is -0.880. The molecule has 0 amide bonds. The third kappa shape index (κ3) is 8.51. The van der Waals surface area contributed by atoms with Gasteiger partial charge in [-0.15, -0.1) is 0 Å². The molecule has 1 aromatic carbocycles. The monoisotopic (exact) mass is 359 g/mol. The number of benzene rings is 1. The molecule has 0 radical (unpaired) electrons. The van der Waals surface area contributed by atoms with E-state index in [2.05, 4.69) is 18.6 Å². The Balaban J connectivity index is 2.46. The van der Waals surface area contributed by atoms with Crippen LogP contribution in [0, 0.1) is 0 Å². The van der Waals surface area contributed by atoms with Gasteiger partial charge in [-0.05, 0) is 57.4 Å². The quantitative estimate of drug-likeness (QED) is 0.673. The van der Waals surface area contributed by atoms with Crippen LogP contribution in [-0.2, 0) is 10.0 Å². The van der Waals surface area contributed by atoms with Gasteiger partial charge in [-0.3, -0.25) is 0 Å². The van der Waals surface area contributed by atoms with Crippen molar-refractivity contribution in [2.45, 2.75) is 39.7 Å². The summed E-state index contributed by atoms with van der Waals surface area (Å²) in [5.41, 5.74) is 0.803. The highest BCUT2D eigenvalue weighted by Crippen LogP contribution is 2.11. The minimum atomic E-state index is -3.42. The summed E-state index contributed by atoms with van der Waals surface area (Å²) < 4.78 is 26.8. The molecule has 0 heterocycles. The van der Waals surface area contributed by atoms with Crippen LogP contribution in [0.4, 0.5) is 0 Å². The molecule has 2 N–H and O–H groups in total. The Morgan fingerprint density at radius 3 is 2.39 bits per heavy atom. The van der Waals surface area contributed by atoms with Gasteiger partial charge in [-0.1, -0.05) is 23.7 Å². The molecule has 0 saturated carbocycles. The molecule has 0 aliphatic heterocycles. The molecule has 0 aromatic heterocycles. The summed E-state index contributed by atoms with van der Waals surface area (Å²) in [4.78, 5) is 1.54. The molecule has 0 aliphatic rings. The lowest BCUT2D eigenvalue weighted by Gasteiger charge is -2.17. The minimum absolute atomic E-state index is 0.0650. The molecule has 0 aliphatic carbocycles. The summed E-state index contributed by atoms with van der Waals surface area (Å²) in [5.74, 6) is 0. The van der Waals surface area contributed by atoms with E-state index in [9.17, 15) is 8.42 Å². The summed E-state index contributed by atoms with van der Waals surface area (Å²) in [7, 11) is -3.42. The number of halogens is 1. The van der Waals surface area contributed by atoms with E-state index < -0.39 is 10.0 Å². The maximum atomic E-state index is 12.1.